The summed E-state index contributed by atoms with van der Waals surface area (Å²) in [5, 5.41) is 14.3. The van der Waals surface area contributed by atoms with Gasteiger partial charge in [-0.2, -0.15) is 5.26 Å². The van der Waals surface area contributed by atoms with Crippen LogP contribution in [0.3, 0.4) is 0 Å². The number of anilines is 1. The largest absolute Gasteiger partial charge is 0.348 e. The van der Waals surface area contributed by atoms with E-state index in [1.54, 1.807) is 60.7 Å². The molecule has 0 heterocycles. The SMILES string of the molecule is N#Cc1ccc(NC(=O)c2ccc(C(=O)NCc3ccc(F)cc3)cc2)cc1. The predicted octanol–water partition coefficient (Wildman–Crippen LogP) is 3.88. The number of halogens is 1. The van der Waals surface area contributed by atoms with E-state index in [9.17, 15) is 14.0 Å². The highest BCUT2D eigenvalue weighted by Crippen LogP contribution is 2.12. The first-order chi connectivity index (χ1) is 13.5. The van der Waals surface area contributed by atoms with Crippen LogP contribution >= 0.6 is 0 Å². The van der Waals surface area contributed by atoms with Crippen LogP contribution in [0.5, 0.6) is 0 Å². The molecule has 0 fully saturated rings. The van der Waals surface area contributed by atoms with E-state index in [1.807, 2.05) is 6.07 Å². The number of nitrogens with one attached hydrogen (secondary N) is 2. The molecule has 3 rings (SSSR count). The van der Waals surface area contributed by atoms with Gasteiger partial charge >= 0.3 is 0 Å². The van der Waals surface area contributed by atoms with Crippen LogP contribution in [0.25, 0.3) is 0 Å². The highest BCUT2D eigenvalue weighted by molar-refractivity contribution is 6.05. The number of nitriles is 1. The van der Waals surface area contributed by atoms with Crippen LogP contribution in [0.15, 0.2) is 72.8 Å². The second kappa shape index (κ2) is 8.60. The molecule has 0 spiro atoms. The van der Waals surface area contributed by atoms with Crippen molar-refractivity contribution in [3.05, 3.63) is 101 Å². The van der Waals surface area contributed by atoms with E-state index in [4.69, 9.17) is 5.26 Å². The molecule has 0 aliphatic carbocycles. The minimum Gasteiger partial charge on any atom is -0.348 e. The zero-order valence-corrected chi connectivity index (χ0v) is 14.8. The highest BCUT2D eigenvalue weighted by atomic mass is 19.1. The lowest BCUT2D eigenvalue weighted by Gasteiger charge is -2.08. The van der Waals surface area contributed by atoms with Crippen LogP contribution in [-0.2, 0) is 6.54 Å². The summed E-state index contributed by atoms with van der Waals surface area (Å²) in [7, 11) is 0. The van der Waals surface area contributed by atoms with Crippen LogP contribution in [-0.4, -0.2) is 11.8 Å². The number of hydrogen-bond donors (Lipinski definition) is 2. The minimum atomic E-state index is -0.329. The summed E-state index contributed by atoms with van der Waals surface area (Å²) in [5.74, 6) is -0.934. The monoisotopic (exact) mass is 373 g/mol. The van der Waals surface area contributed by atoms with Gasteiger partial charge < -0.3 is 10.6 Å². The van der Waals surface area contributed by atoms with Crippen molar-refractivity contribution in [1.82, 2.24) is 5.32 Å². The quantitative estimate of drug-likeness (QED) is 0.712. The van der Waals surface area contributed by atoms with Crippen molar-refractivity contribution in [1.29, 1.82) is 5.26 Å². The number of nitrogens with zero attached hydrogens (tertiary/aromatic N) is 1. The van der Waals surface area contributed by atoms with Gasteiger partial charge in [0, 0.05) is 23.4 Å². The van der Waals surface area contributed by atoms with E-state index >= 15 is 0 Å². The van der Waals surface area contributed by atoms with Crippen molar-refractivity contribution in [3.63, 3.8) is 0 Å². The molecule has 6 heteroatoms. The van der Waals surface area contributed by atoms with Gasteiger partial charge in [-0.05, 0) is 66.2 Å². The maximum absolute atomic E-state index is 12.9. The first-order valence-corrected chi connectivity index (χ1v) is 8.49. The Balaban J connectivity index is 1.58. The molecule has 0 saturated heterocycles. The second-order valence-electron chi connectivity index (χ2n) is 6.03. The maximum Gasteiger partial charge on any atom is 0.255 e. The Morgan fingerprint density at radius 3 is 1.96 bits per heavy atom. The Bertz CT molecular complexity index is 1020. The third kappa shape index (κ3) is 4.80. The van der Waals surface area contributed by atoms with Gasteiger partial charge in [0.25, 0.3) is 11.8 Å². The van der Waals surface area contributed by atoms with Gasteiger partial charge in [0.05, 0.1) is 11.6 Å². The topological polar surface area (TPSA) is 82.0 Å². The maximum atomic E-state index is 12.9. The third-order valence-electron chi connectivity index (χ3n) is 4.05. The van der Waals surface area contributed by atoms with Crippen molar-refractivity contribution in [2.24, 2.45) is 0 Å². The minimum absolute atomic E-state index is 0.278. The first kappa shape index (κ1) is 18.8. The van der Waals surface area contributed by atoms with Gasteiger partial charge in [0.2, 0.25) is 0 Å². The fourth-order valence-electron chi connectivity index (χ4n) is 2.49. The molecule has 0 aliphatic rings. The third-order valence-corrected chi connectivity index (χ3v) is 4.05. The van der Waals surface area contributed by atoms with Crippen LogP contribution in [0, 0.1) is 17.1 Å². The van der Waals surface area contributed by atoms with Gasteiger partial charge in [-0.3, -0.25) is 9.59 Å². The zero-order valence-electron chi connectivity index (χ0n) is 14.8. The molecular formula is C22H16FN3O2. The predicted molar refractivity (Wildman–Crippen MR) is 103 cm³/mol. The lowest BCUT2D eigenvalue weighted by Crippen LogP contribution is -2.23. The number of benzene rings is 3. The molecule has 138 valence electrons. The Morgan fingerprint density at radius 1 is 0.821 bits per heavy atom. The van der Waals surface area contributed by atoms with Gasteiger partial charge in [0.1, 0.15) is 5.82 Å². The Kier molecular flexibility index (Phi) is 5.78. The van der Waals surface area contributed by atoms with Gasteiger partial charge in [0.15, 0.2) is 0 Å². The van der Waals surface area contributed by atoms with Gasteiger partial charge in [-0.25, -0.2) is 4.39 Å². The van der Waals surface area contributed by atoms with E-state index in [1.165, 1.54) is 12.1 Å². The molecule has 0 bridgehead atoms. The smallest absolute Gasteiger partial charge is 0.255 e. The Morgan fingerprint density at radius 2 is 1.39 bits per heavy atom. The fourth-order valence-corrected chi connectivity index (χ4v) is 2.49. The van der Waals surface area contributed by atoms with E-state index < -0.39 is 0 Å². The fraction of sp³-hybridized carbons (Fsp3) is 0.0455. The molecule has 2 amide bonds. The van der Waals surface area contributed by atoms with Crippen LogP contribution in [0.2, 0.25) is 0 Å². The molecule has 3 aromatic rings. The second-order valence-corrected chi connectivity index (χ2v) is 6.03. The normalized spacial score (nSPS) is 10.0. The summed E-state index contributed by atoms with van der Waals surface area (Å²) in [4.78, 5) is 24.5. The molecule has 0 radical (unpaired) electrons. The van der Waals surface area contributed by atoms with E-state index in [-0.39, 0.29) is 24.2 Å². The van der Waals surface area contributed by atoms with Crippen LogP contribution in [0.4, 0.5) is 10.1 Å². The summed E-state index contributed by atoms with van der Waals surface area (Å²) in [6.45, 7) is 0.278. The lowest BCUT2D eigenvalue weighted by atomic mass is 10.1. The van der Waals surface area contributed by atoms with Gasteiger partial charge in [-0.15, -0.1) is 0 Å². The average molecular weight is 373 g/mol. The first-order valence-electron chi connectivity index (χ1n) is 8.49. The lowest BCUT2D eigenvalue weighted by molar-refractivity contribution is 0.0949. The standard InChI is InChI=1S/C22H16FN3O2/c23-19-9-1-16(2-10-19)14-25-21(27)17-5-7-18(8-6-17)22(28)26-20-11-3-15(13-24)4-12-20/h1-12H,14H2,(H,25,27)(H,26,28). The average Bonchev–Trinajstić information content (AvgIpc) is 2.73. The van der Waals surface area contributed by atoms with Gasteiger partial charge in [-0.1, -0.05) is 12.1 Å². The number of rotatable bonds is 5. The molecule has 3 aromatic carbocycles. The molecule has 28 heavy (non-hydrogen) atoms. The number of hydrogen-bond acceptors (Lipinski definition) is 3. The molecular weight excluding hydrogens is 357 g/mol. The Hall–Kier alpha value is -3.98. The summed E-state index contributed by atoms with van der Waals surface area (Å²) < 4.78 is 12.9. The summed E-state index contributed by atoms with van der Waals surface area (Å²) in [6.07, 6.45) is 0. The number of carbonyl (C=O) groups excluding carboxylic acids is 2. The molecule has 0 atom stereocenters. The zero-order chi connectivity index (χ0) is 19.9. The van der Waals surface area contributed by atoms with E-state index in [0.29, 0.717) is 22.4 Å². The Labute approximate surface area is 161 Å². The summed E-state index contributed by atoms with van der Waals surface area (Å²) >= 11 is 0. The number of carbonyl (C=O) groups is 2. The summed E-state index contributed by atoms with van der Waals surface area (Å²) in [6, 6.07) is 20.7. The van der Waals surface area contributed by atoms with Crippen molar-refractivity contribution in [2.45, 2.75) is 6.54 Å². The van der Waals surface area contributed by atoms with Crippen LogP contribution < -0.4 is 10.6 Å². The van der Waals surface area contributed by atoms with E-state index in [0.717, 1.165) is 5.56 Å². The van der Waals surface area contributed by atoms with Crippen molar-refractivity contribution in [3.8, 4) is 6.07 Å². The summed E-state index contributed by atoms with van der Waals surface area (Å²) in [5.41, 5.74) is 2.68. The molecule has 5 nitrogen and oxygen atoms in total. The molecule has 2 N–H and O–H groups in total. The molecule has 0 aliphatic heterocycles. The molecule has 0 unspecified atom stereocenters. The van der Waals surface area contributed by atoms with Crippen molar-refractivity contribution >= 4 is 17.5 Å². The highest BCUT2D eigenvalue weighted by Gasteiger charge is 2.09. The van der Waals surface area contributed by atoms with E-state index in [2.05, 4.69) is 10.6 Å². The molecule has 0 saturated carbocycles. The van der Waals surface area contributed by atoms with Crippen LogP contribution in [0.1, 0.15) is 31.8 Å². The number of amides is 2. The van der Waals surface area contributed by atoms with Crippen molar-refractivity contribution < 1.29 is 14.0 Å². The van der Waals surface area contributed by atoms with Crippen molar-refractivity contribution in [2.75, 3.05) is 5.32 Å². The molecule has 0 aromatic heterocycles.